The van der Waals surface area contributed by atoms with Crippen molar-refractivity contribution in [3.8, 4) is 0 Å². The van der Waals surface area contributed by atoms with E-state index in [1.54, 1.807) is 12.2 Å². The van der Waals surface area contributed by atoms with Crippen LogP contribution in [0.1, 0.15) is 6.42 Å². The van der Waals surface area contributed by atoms with Crippen LogP contribution in [-0.2, 0) is 18.1 Å². The number of phosphoric acid groups is 1. The van der Waals surface area contributed by atoms with Crippen LogP contribution in [0.15, 0.2) is 24.8 Å². The van der Waals surface area contributed by atoms with Crippen molar-refractivity contribution in [2.75, 3.05) is 6.61 Å². The molecule has 2 bridgehead atoms. The molecule has 72 valence electrons. The van der Waals surface area contributed by atoms with E-state index in [-0.39, 0.29) is 18.8 Å². The zero-order valence-electron chi connectivity index (χ0n) is 7.09. The maximum Gasteiger partial charge on any atom is 0.476 e. The third-order valence-corrected chi connectivity index (χ3v) is 3.46. The number of phosphoric ester groups is 1. The monoisotopic (exact) mass is 202 g/mol. The summed E-state index contributed by atoms with van der Waals surface area (Å²) in [5, 5.41) is 0. The molecule has 13 heavy (non-hydrogen) atoms. The van der Waals surface area contributed by atoms with Gasteiger partial charge in [0.25, 0.3) is 0 Å². The van der Waals surface area contributed by atoms with Gasteiger partial charge < -0.3 is 0 Å². The maximum atomic E-state index is 11.7. The Morgan fingerprint density at radius 1 is 1.54 bits per heavy atom. The van der Waals surface area contributed by atoms with Crippen LogP contribution in [0, 0.1) is 0 Å². The van der Waals surface area contributed by atoms with Crippen molar-refractivity contribution in [2.45, 2.75) is 18.6 Å². The molecule has 0 aromatic carbocycles. The van der Waals surface area contributed by atoms with Crippen LogP contribution in [0.3, 0.4) is 0 Å². The van der Waals surface area contributed by atoms with Gasteiger partial charge in [-0.3, -0.25) is 13.6 Å². The lowest BCUT2D eigenvalue weighted by Gasteiger charge is -2.29. The van der Waals surface area contributed by atoms with Gasteiger partial charge in [-0.1, -0.05) is 18.2 Å². The fraction of sp³-hybridized carbons (Fsp3) is 0.500. The molecule has 2 aliphatic rings. The van der Waals surface area contributed by atoms with Crippen molar-refractivity contribution >= 4 is 7.82 Å². The Hall–Kier alpha value is -0.410. The molecular formula is C8H11O4P. The summed E-state index contributed by atoms with van der Waals surface area (Å²) in [6.07, 6.45) is 5.48. The Labute approximate surface area is 76.8 Å². The number of hydrogen-bond donors (Lipinski definition) is 0. The predicted octanol–water partition coefficient (Wildman–Crippen LogP) is 2.04. The summed E-state index contributed by atoms with van der Waals surface area (Å²) in [6, 6.07) is 0. The molecule has 0 aliphatic carbocycles. The Balaban J connectivity index is 2.22. The van der Waals surface area contributed by atoms with Gasteiger partial charge in [0.05, 0.1) is 18.8 Å². The first-order valence-electron chi connectivity index (χ1n) is 4.12. The molecule has 0 spiro atoms. The van der Waals surface area contributed by atoms with Crippen molar-refractivity contribution < 1.29 is 18.1 Å². The lowest BCUT2D eigenvalue weighted by atomic mass is 10.1. The van der Waals surface area contributed by atoms with Crippen molar-refractivity contribution in [3.63, 3.8) is 0 Å². The van der Waals surface area contributed by atoms with Gasteiger partial charge in [0.1, 0.15) is 0 Å². The van der Waals surface area contributed by atoms with Gasteiger partial charge in [0.15, 0.2) is 0 Å². The molecule has 0 aromatic rings. The third-order valence-electron chi connectivity index (χ3n) is 1.94. The average molecular weight is 202 g/mol. The molecule has 0 saturated carbocycles. The van der Waals surface area contributed by atoms with E-state index >= 15 is 0 Å². The maximum absolute atomic E-state index is 11.7. The minimum Gasteiger partial charge on any atom is -0.283 e. The Bertz CT molecular complexity index is 286. The first-order valence-corrected chi connectivity index (χ1v) is 5.58. The van der Waals surface area contributed by atoms with Crippen molar-refractivity contribution in [1.29, 1.82) is 0 Å². The normalized spacial score (nSPS) is 44.0. The molecule has 4 nitrogen and oxygen atoms in total. The van der Waals surface area contributed by atoms with Gasteiger partial charge in [0.2, 0.25) is 0 Å². The molecule has 0 aromatic heterocycles. The highest BCUT2D eigenvalue weighted by molar-refractivity contribution is 7.48. The summed E-state index contributed by atoms with van der Waals surface area (Å²) in [4.78, 5) is 0. The van der Waals surface area contributed by atoms with E-state index in [1.165, 1.54) is 0 Å². The molecule has 1 saturated heterocycles. The SMILES string of the molecule is C=C[C@@H]1C[C@H]2C=CCO[P@](=O)(O1)O2. The van der Waals surface area contributed by atoms with E-state index in [0.29, 0.717) is 6.42 Å². The zero-order chi connectivity index (χ0) is 9.31. The predicted molar refractivity (Wildman–Crippen MR) is 47.3 cm³/mol. The van der Waals surface area contributed by atoms with E-state index in [4.69, 9.17) is 13.6 Å². The third kappa shape index (κ3) is 1.92. The average Bonchev–Trinajstić information content (AvgIpc) is 2.23. The minimum absolute atomic E-state index is 0.176. The molecule has 1 fully saturated rings. The van der Waals surface area contributed by atoms with E-state index < -0.39 is 7.82 Å². The fourth-order valence-electron chi connectivity index (χ4n) is 1.33. The Morgan fingerprint density at radius 3 is 3.15 bits per heavy atom. The smallest absolute Gasteiger partial charge is 0.283 e. The van der Waals surface area contributed by atoms with Crippen molar-refractivity contribution in [3.05, 3.63) is 24.8 Å². The van der Waals surface area contributed by atoms with Gasteiger partial charge in [-0.25, -0.2) is 4.57 Å². The molecule has 0 amide bonds. The molecule has 0 N–H and O–H groups in total. The van der Waals surface area contributed by atoms with Gasteiger partial charge in [-0.05, 0) is 0 Å². The molecule has 0 radical (unpaired) electrons. The highest BCUT2D eigenvalue weighted by Gasteiger charge is 2.39. The summed E-state index contributed by atoms with van der Waals surface area (Å²) in [5.74, 6) is 0. The van der Waals surface area contributed by atoms with Gasteiger partial charge >= 0.3 is 7.82 Å². The van der Waals surface area contributed by atoms with Crippen LogP contribution < -0.4 is 0 Å². The highest BCUT2D eigenvalue weighted by atomic mass is 31.2. The molecular weight excluding hydrogens is 191 g/mol. The number of fused-ring (bicyclic) bond motifs is 2. The van der Waals surface area contributed by atoms with Gasteiger partial charge in [-0.15, -0.1) is 6.58 Å². The van der Waals surface area contributed by atoms with Crippen LogP contribution in [0.5, 0.6) is 0 Å². The van der Waals surface area contributed by atoms with Gasteiger partial charge in [-0.2, -0.15) is 0 Å². The van der Waals surface area contributed by atoms with Crippen LogP contribution in [-0.4, -0.2) is 18.8 Å². The van der Waals surface area contributed by atoms with E-state index in [2.05, 4.69) is 6.58 Å². The van der Waals surface area contributed by atoms with Crippen LogP contribution in [0.2, 0.25) is 0 Å². The van der Waals surface area contributed by atoms with Crippen molar-refractivity contribution in [2.24, 2.45) is 0 Å². The number of hydrogen-bond acceptors (Lipinski definition) is 4. The summed E-state index contributed by atoms with van der Waals surface area (Å²) >= 11 is 0. The topological polar surface area (TPSA) is 44.8 Å². The summed E-state index contributed by atoms with van der Waals surface area (Å²) < 4.78 is 26.9. The second kappa shape index (κ2) is 3.39. The lowest BCUT2D eigenvalue weighted by molar-refractivity contribution is 0.0318. The van der Waals surface area contributed by atoms with E-state index in [0.717, 1.165) is 0 Å². The number of rotatable bonds is 1. The van der Waals surface area contributed by atoms with E-state index in [1.807, 2.05) is 6.08 Å². The van der Waals surface area contributed by atoms with Crippen molar-refractivity contribution in [1.82, 2.24) is 0 Å². The molecule has 2 rings (SSSR count). The van der Waals surface area contributed by atoms with Crippen LogP contribution >= 0.6 is 7.82 Å². The highest BCUT2D eigenvalue weighted by Crippen LogP contribution is 2.56. The summed E-state index contributed by atoms with van der Waals surface area (Å²) in [6.45, 7) is 3.87. The second-order valence-electron chi connectivity index (χ2n) is 2.93. The second-order valence-corrected chi connectivity index (χ2v) is 4.50. The van der Waals surface area contributed by atoms with Crippen LogP contribution in [0.4, 0.5) is 0 Å². The first-order chi connectivity index (χ1) is 6.22. The minimum atomic E-state index is -3.31. The zero-order valence-corrected chi connectivity index (χ0v) is 7.98. The summed E-state index contributed by atoms with van der Waals surface area (Å²) in [5.41, 5.74) is 0. The Kier molecular flexibility index (Phi) is 2.39. The standard InChI is InChI=1S/C8H11O4P/c1-2-7-6-8-4-3-5-10-13(9,11-7)12-8/h2-4,7-8H,1,5-6H2/t7-,8-,13-/m1/s1. The molecule has 2 heterocycles. The van der Waals surface area contributed by atoms with Crippen LogP contribution in [0.25, 0.3) is 0 Å². The van der Waals surface area contributed by atoms with Gasteiger partial charge in [0, 0.05) is 6.42 Å². The lowest BCUT2D eigenvalue weighted by Crippen LogP contribution is -2.25. The molecule has 2 aliphatic heterocycles. The largest absolute Gasteiger partial charge is 0.476 e. The molecule has 3 atom stereocenters. The Morgan fingerprint density at radius 2 is 2.38 bits per heavy atom. The quantitative estimate of drug-likeness (QED) is 0.482. The first kappa shape index (κ1) is 9.16. The van der Waals surface area contributed by atoms with E-state index in [9.17, 15) is 4.57 Å². The summed E-state index contributed by atoms with van der Waals surface area (Å²) in [7, 11) is -3.31. The fourth-order valence-corrected chi connectivity index (χ4v) is 2.76. The molecule has 5 heteroatoms. The molecule has 0 unspecified atom stereocenters.